The Kier molecular flexibility index (Phi) is 7.34. The van der Waals surface area contributed by atoms with E-state index in [4.69, 9.17) is 4.74 Å². The first kappa shape index (κ1) is 19.5. The molecule has 1 aromatic rings. The molecule has 4 nitrogen and oxygen atoms in total. The molecule has 2 fully saturated rings. The summed E-state index contributed by atoms with van der Waals surface area (Å²) in [6.45, 7) is 7.14. The molecule has 1 aromatic carbocycles. The standard InChI is InChI=1S/C19H29N3O.HI/c1-3-16-4-6-17(7-5-16)8-11-21-18(20-2)22-12-9-19(14-22)10-13-23-15-19;/h4-7H,3,8-15H2,1-2H3,(H,20,21);1H. The van der Waals surface area contributed by atoms with Gasteiger partial charge in [0.1, 0.15) is 0 Å². The highest BCUT2D eigenvalue weighted by Crippen LogP contribution is 2.38. The number of ether oxygens (including phenoxy) is 1. The molecule has 1 unspecified atom stereocenters. The van der Waals surface area contributed by atoms with E-state index in [0.717, 1.165) is 51.6 Å². The molecular formula is C19H30IN3O. The SMILES string of the molecule is CCc1ccc(CCNC(=NC)N2CCC3(CCOC3)C2)cc1.I. The zero-order valence-electron chi connectivity index (χ0n) is 14.9. The van der Waals surface area contributed by atoms with E-state index in [2.05, 4.69) is 46.4 Å². The first-order valence-electron chi connectivity index (χ1n) is 8.86. The minimum absolute atomic E-state index is 0. The highest BCUT2D eigenvalue weighted by molar-refractivity contribution is 14.0. The molecule has 24 heavy (non-hydrogen) atoms. The van der Waals surface area contributed by atoms with Gasteiger partial charge in [-0.3, -0.25) is 4.99 Å². The van der Waals surface area contributed by atoms with Crippen LogP contribution in [0.15, 0.2) is 29.3 Å². The van der Waals surface area contributed by atoms with Crippen LogP contribution in [0.1, 0.15) is 30.9 Å². The van der Waals surface area contributed by atoms with Crippen molar-refractivity contribution in [3.8, 4) is 0 Å². The van der Waals surface area contributed by atoms with Crippen LogP contribution in [0.5, 0.6) is 0 Å². The Morgan fingerprint density at radius 3 is 2.62 bits per heavy atom. The van der Waals surface area contributed by atoms with E-state index in [0.29, 0.717) is 5.41 Å². The topological polar surface area (TPSA) is 36.9 Å². The minimum Gasteiger partial charge on any atom is -0.381 e. The van der Waals surface area contributed by atoms with Crippen molar-refractivity contribution in [3.05, 3.63) is 35.4 Å². The van der Waals surface area contributed by atoms with Crippen LogP contribution in [0.3, 0.4) is 0 Å². The van der Waals surface area contributed by atoms with Crippen LogP contribution in [0.4, 0.5) is 0 Å². The van der Waals surface area contributed by atoms with Crippen molar-refractivity contribution >= 4 is 29.9 Å². The third-order valence-corrected chi connectivity index (χ3v) is 5.26. The van der Waals surface area contributed by atoms with Crippen molar-refractivity contribution in [3.63, 3.8) is 0 Å². The van der Waals surface area contributed by atoms with E-state index in [1.165, 1.54) is 24.0 Å². The zero-order chi connectivity index (χ0) is 16.1. The van der Waals surface area contributed by atoms with Gasteiger partial charge in [0.15, 0.2) is 5.96 Å². The van der Waals surface area contributed by atoms with Crippen LogP contribution >= 0.6 is 24.0 Å². The number of guanidine groups is 1. The summed E-state index contributed by atoms with van der Waals surface area (Å²) in [7, 11) is 1.88. The Hall–Kier alpha value is -0.820. The monoisotopic (exact) mass is 443 g/mol. The lowest BCUT2D eigenvalue weighted by Crippen LogP contribution is -2.42. The predicted octanol–water partition coefficient (Wildman–Crippen LogP) is 3.10. The number of hydrogen-bond acceptors (Lipinski definition) is 2. The molecule has 1 spiro atoms. The summed E-state index contributed by atoms with van der Waals surface area (Å²) in [5, 5.41) is 3.53. The molecule has 1 N–H and O–H groups in total. The molecule has 2 aliphatic rings. The number of likely N-dealkylation sites (tertiary alicyclic amines) is 1. The quantitative estimate of drug-likeness (QED) is 0.442. The summed E-state index contributed by atoms with van der Waals surface area (Å²) in [5.41, 5.74) is 3.17. The molecule has 0 aliphatic carbocycles. The van der Waals surface area contributed by atoms with E-state index in [-0.39, 0.29) is 24.0 Å². The summed E-state index contributed by atoms with van der Waals surface area (Å²) in [6.07, 6.45) is 4.56. The lowest BCUT2D eigenvalue weighted by Gasteiger charge is -2.25. The van der Waals surface area contributed by atoms with Crippen LogP contribution < -0.4 is 5.32 Å². The van der Waals surface area contributed by atoms with Gasteiger partial charge in [-0.15, -0.1) is 24.0 Å². The van der Waals surface area contributed by atoms with Gasteiger partial charge in [-0.25, -0.2) is 0 Å². The Bertz CT molecular complexity index is 538. The fraction of sp³-hybridized carbons (Fsp3) is 0.632. The average molecular weight is 443 g/mol. The highest BCUT2D eigenvalue weighted by atomic mass is 127. The Balaban J connectivity index is 0.00000208. The maximum absolute atomic E-state index is 5.61. The predicted molar refractivity (Wildman–Crippen MR) is 110 cm³/mol. The largest absolute Gasteiger partial charge is 0.381 e. The van der Waals surface area contributed by atoms with Crippen molar-refractivity contribution in [1.82, 2.24) is 10.2 Å². The van der Waals surface area contributed by atoms with Gasteiger partial charge in [0.05, 0.1) is 6.61 Å². The van der Waals surface area contributed by atoms with Gasteiger partial charge in [0, 0.05) is 38.7 Å². The maximum Gasteiger partial charge on any atom is 0.193 e. The van der Waals surface area contributed by atoms with Gasteiger partial charge in [0.2, 0.25) is 0 Å². The normalized spacial score (nSPS) is 23.6. The van der Waals surface area contributed by atoms with Crippen LogP contribution in [0.25, 0.3) is 0 Å². The molecule has 2 saturated heterocycles. The fourth-order valence-corrected chi connectivity index (χ4v) is 3.68. The number of rotatable bonds is 4. The smallest absolute Gasteiger partial charge is 0.193 e. The second kappa shape index (κ2) is 9.04. The van der Waals surface area contributed by atoms with E-state index in [1.54, 1.807) is 0 Å². The second-order valence-corrected chi connectivity index (χ2v) is 6.87. The maximum atomic E-state index is 5.61. The summed E-state index contributed by atoms with van der Waals surface area (Å²) in [4.78, 5) is 6.87. The van der Waals surface area contributed by atoms with Gasteiger partial charge >= 0.3 is 0 Å². The van der Waals surface area contributed by atoms with Crippen LogP contribution in [0.2, 0.25) is 0 Å². The van der Waals surface area contributed by atoms with Crippen molar-refractivity contribution in [2.75, 3.05) is 39.9 Å². The Morgan fingerprint density at radius 2 is 2.00 bits per heavy atom. The molecular weight excluding hydrogens is 413 g/mol. The number of benzene rings is 1. The molecule has 3 rings (SSSR count). The second-order valence-electron chi connectivity index (χ2n) is 6.87. The molecule has 1 atom stereocenters. The third-order valence-electron chi connectivity index (χ3n) is 5.26. The minimum atomic E-state index is 0. The van der Waals surface area contributed by atoms with E-state index >= 15 is 0 Å². The average Bonchev–Trinajstić information content (AvgIpc) is 3.22. The number of nitrogens with zero attached hydrogens (tertiary/aromatic N) is 2. The molecule has 0 bridgehead atoms. The Labute approximate surface area is 163 Å². The third kappa shape index (κ3) is 4.63. The molecule has 0 aromatic heterocycles. The first-order valence-corrected chi connectivity index (χ1v) is 8.86. The van der Waals surface area contributed by atoms with Gasteiger partial charge in [-0.2, -0.15) is 0 Å². The summed E-state index contributed by atoms with van der Waals surface area (Å²) >= 11 is 0. The van der Waals surface area contributed by atoms with Crippen molar-refractivity contribution in [2.45, 2.75) is 32.6 Å². The lowest BCUT2D eigenvalue weighted by molar-refractivity contribution is 0.156. The fourth-order valence-electron chi connectivity index (χ4n) is 3.68. The van der Waals surface area contributed by atoms with Crippen molar-refractivity contribution in [1.29, 1.82) is 0 Å². The van der Waals surface area contributed by atoms with Crippen molar-refractivity contribution in [2.24, 2.45) is 10.4 Å². The molecule has 2 aliphatic heterocycles. The summed E-state index contributed by atoms with van der Waals surface area (Å²) in [6, 6.07) is 8.94. The molecule has 5 heteroatoms. The molecule has 0 radical (unpaired) electrons. The van der Waals surface area contributed by atoms with Crippen LogP contribution in [-0.2, 0) is 17.6 Å². The highest BCUT2D eigenvalue weighted by Gasteiger charge is 2.42. The van der Waals surface area contributed by atoms with Gasteiger partial charge in [0.25, 0.3) is 0 Å². The van der Waals surface area contributed by atoms with Crippen LogP contribution in [0, 0.1) is 5.41 Å². The Morgan fingerprint density at radius 1 is 1.25 bits per heavy atom. The van der Waals surface area contributed by atoms with Crippen LogP contribution in [-0.4, -0.2) is 50.8 Å². The summed E-state index contributed by atoms with van der Waals surface area (Å²) < 4.78 is 5.61. The van der Waals surface area contributed by atoms with Crippen molar-refractivity contribution < 1.29 is 4.74 Å². The van der Waals surface area contributed by atoms with Gasteiger partial charge in [-0.05, 0) is 36.8 Å². The number of aryl methyl sites for hydroxylation is 1. The van der Waals surface area contributed by atoms with Gasteiger partial charge in [-0.1, -0.05) is 31.2 Å². The number of nitrogens with one attached hydrogen (secondary N) is 1. The number of aliphatic imine (C=N–C) groups is 1. The molecule has 134 valence electrons. The van der Waals surface area contributed by atoms with E-state index in [9.17, 15) is 0 Å². The number of hydrogen-bond donors (Lipinski definition) is 1. The molecule has 2 heterocycles. The number of halogens is 1. The zero-order valence-corrected chi connectivity index (χ0v) is 17.2. The lowest BCUT2D eigenvalue weighted by atomic mass is 9.87. The summed E-state index contributed by atoms with van der Waals surface area (Å²) in [5.74, 6) is 1.04. The van der Waals surface area contributed by atoms with Gasteiger partial charge < -0.3 is 15.0 Å². The van der Waals surface area contributed by atoms with E-state index < -0.39 is 0 Å². The molecule has 0 amide bonds. The first-order chi connectivity index (χ1) is 11.2. The van der Waals surface area contributed by atoms with E-state index in [1.807, 2.05) is 7.05 Å². The molecule has 0 saturated carbocycles.